The van der Waals surface area contributed by atoms with Gasteiger partial charge in [-0.3, -0.25) is 4.79 Å². The zero-order chi connectivity index (χ0) is 20.2. The SMILES string of the molecule is C[C@@H](OC(=O)c1ccc(CS(C)(=O)=O)cc1)C(=O)Nc1c(F)cccc1F. The van der Waals surface area contributed by atoms with Gasteiger partial charge in [-0.2, -0.15) is 0 Å². The Kier molecular flexibility index (Phi) is 6.27. The Labute approximate surface area is 155 Å². The molecule has 9 heteroatoms. The zero-order valence-electron chi connectivity index (χ0n) is 14.5. The van der Waals surface area contributed by atoms with E-state index >= 15 is 0 Å². The van der Waals surface area contributed by atoms with Gasteiger partial charge in [0.05, 0.1) is 11.3 Å². The van der Waals surface area contributed by atoms with E-state index in [1.165, 1.54) is 31.2 Å². The van der Waals surface area contributed by atoms with Crippen LogP contribution in [0.4, 0.5) is 14.5 Å². The van der Waals surface area contributed by atoms with Gasteiger partial charge in [-0.05, 0) is 36.8 Å². The molecule has 27 heavy (non-hydrogen) atoms. The molecule has 0 aliphatic heterocycles. The predicted octanol–water partition coefficient (Wildman–Crippen LogP) is 2.69. The number of rotatable bonds is 6. The van der Waals surface area contributed by atoms with Crippen molar-refractivity contribution in [3.05, 3.63) is 65.2 Å². The van der Waals surface area contributed by atoms with Crippen molar-refractivity contribution in [2.45, 2.75) is 18.8 Å². The number of sulfone groups is 1. The van der Waals surface area contributed by atoms with Gasteiger partial charge in [0.1, 0.15) is 17.3 Å². The quantitative estimate of drug-likeness (QED) is 0.757. The average Bonchev–Trinajstić information content (AvgIpc) is 2.57. The summed E-state index contributed by atoms with van der Waals surface area (Å²) in [6, 6.07) is 8.75. The summed E-state index contributed by atoms with van der Waals surface area (Å²) in [6.45, 7) is 1.25. The Morgan fingerprint density at radius 1 is 1.07 bits per heavy atom. The Hall–Kier alpha value is -2.81. The molecule has 1 N–H and O–H groups in total. The molecule has 1 atom stereocenters. The van der Waals surface area contributed by atoms with Crippen LogP contribution in [-0.2, 0) is 25.1 Å². The summed E-state index contributed by atoms with van der Waals surface area (Å²) in [4.78, 5) is 24.1. The van der Waals surface area contributed by atoms with E-state index in [0.717, 1.165) is 24.5 Å². The van der Waals surface area contributed by atoms with Crippen molar-refractivity contribution in [1.82, 2.24) is 0 Å². The first-order chi connectivity index (χ1) is 12.6. The van der Waals surface area contributed by atoms with E-state index in [2.05, 4.69) is 0 Å². The largest absolute Gasteiger partial charge is 0.449 e. The number of hydrogen-bond donors (Lipinski definition) is 1. The third-order valence-corrected chi connectivity index (χ3v) is 4.34. The maximum atomic E-state index is 13.6. The number of benzene rings is 2. The minimum atomic E-state index is -3.21. The van der Waals surface area contributed by atoms with Crippen LogP contribution in [0, 0.1) is 11.6 Å². The fraction of sp³-hybridized carbons (Fsp3) is 0.222. The second kappa shape index (κ2) is 8.26. The highest BCUT2D eigenvalue weighted by Gasteiger charge is 2.21. The molecule has 0 fully saturated rings. The summed E-state index contributed by atoms with van der Waals surface area (Å²) in [5, 5.41) is 2.04. The molecule has 0 spiro atoms. The summed E-state index contributed by atoms with van der Waals surface area (Å²) in [5.41, 5.74) is -0.0330. The van der Waals surface area contributed by atoms with Crippen LogP contribution in [0.1, 0.15) is 22.8 Å². The van der Waals surface area contributed by atoms with E-state index in [4.69, 9.17) is 4.74 Å². The first-order valence-electron chi connectivity index (χ1n) is 7.79. The molecule has 2 rings (SSSR count). The van der Waals surface area contributed by atoms with E-state index in [-0.39, 0.29) is 11.3 Å². The van der Waals surface area contributed by atoms with Crippen molar-refractivity contribution in [2.24, 2.45) is 0 Å². The first kappa shape index (κ1) is 20.5. The molecule has 0 bridgehead atoms. The zero-order valence-corrected chi connectivity index (χ0v) is 15.3. The number of anilines is 1. The molecule has 1 amide bonds. The van der Waals surface area contributed by atoms with Gasteiger partial charge in [0.2, 0.25) is 0 Å². The normalized spacial score (nSPS) is 12.3. The standard InChI is InChI=1S/C18H17F2NO5S/c1-11(17(22)21-16-14(19)4-3-5-15(16)20)26-18(23)13-8-6-12(7-9-13)10-27(2,24)25/h3-9,11H,10H2,1-2H3,(H,21,22)/t11-/m1/s1. The average molecular weight is 397 g/mol. The molecular weight excluding hydrogens is 380 g/mol. The predicted molar refractivity (Wildman–Crippen MR) is 94.9 cm³/mol. The molecule has 6 nitrogen and oxygen atoms in total. The smallest absolute Gasteiger partial charge is 0.338 e. The molecule has 0 aromatic heterocycles. The number of carbonyl (C=O) groups excluding carboxylic acids is 2. The molecule has 144 valence electrons. The Morgan fingerprint density at radius 3 is 2.15 bits per heavy atom. The highest BCUT2D eigenvalue weighted by Crippen LogP contribution is 2.18. The molecule has 0 saturated heterocycles. The van der Waals surface area contributed by atoms with E-state index in [9.17, 15) is 26.8 Å². The third-order valence-electron chi connectivity index (χ3n) is 3.48. The molecular formula is C18H17F2NO5S. The summed E-state index contributed by atoms with van der Waals surface area (Å²) < 4.78 is 54.6. The topological polar surface area (TPSA) is 89.5 Å². The second-order valence-corrected chi connectivity index (χ2v) is 8.04. The monoisotopic (exact) mass is 397 g/mol. The molecule has 2 aromatic carbocycles. The van der Waals surface area contributed by atoms with Gasteiger partial charge in [-0.1, -0.05) is 18.2 Å². The number of esters is 1. The molecule has 0 aliphatic carbocycles. The van der Waals surface area contributed by atoms with Crippen LogP contribution >= 0.6 is 0 Å². The molecule has 0 heterocycles. The lowest BCUT2D eigenvalue weighted by Gasteiger charge is -2.14. The van der Waals surface area contributed by atoms with Gasteiger partial charge in [0.15, 0.2) is 15.9 Å². The number of halogens is 2. The lowest BCUT2D eigenvalue weighted by atomic mass is 10.1. The third kappa shape index (κ3) is 5.85. The van der Waals surface area contributed by atoms with E-state index in [1.807, 2.05) is 5.32 Å². The second-order valence-electron chi connectivity index (χ2n) is 5.90. The van der Waals surface area contributed by atoms with E-state index < -0.39 is 45.1 Å². The molecule has 2 aromatic rings. The summed E-state index contributed by atoms with van der Waals surface area (Å²) >= 11 is 0. The Bertz CT molecular complexity index is 938. The van der Waals surface area contributed by atoms with Crippen LogP contribution < -0.4 is 5.32 Å². The Morgan fingerprint density at radius 2 is 1.63 bits per heavy atom. The maximum absolute atomic E-state index is 13.6. The van der Waals surface area contributed by atoms with Gasteiger partial charge >= 0.3 is 5.97 Å². The van der Waals surface area contributed by atoms with Crippen LogP contribution in [0.15, 0.2) is 42.5 Å². The van der Waals surface area contributed by atoms with Gasteiger partial charge < -0.3 is 10.1 Å². The van der Waals surface area contributed by atoms with Gasteiger partial charge in [-0.15, -0.1) is 0 Å². The van der Waals surface area contributed by atoms with Gasteiger partial charge in [-0.25, -0.2) is 22.0 Å². The number of para-hydroxylation sites is 1. The van der Waals surface area contributed by atoms with Crippen LogP contribution in [0.25, 0.3) is 0 Å². The lowest BCUT2D eigenvalue weighted by Crippen LogP contribution is -2.30. The Balaban J connectivity index is 2.01. The fourth-order valence-electron chi connectivity index (χ4n) is 2.16. The minimum Gasteiger partial charge on any atom is -0.449 e. The highest BCUT2D eigenvalue weighted by atomic mass is 32.2. The number of ether oxygens (including phenoxy) is 1. The number of nitrogens with one attached hydrogen (secondary N) is 1. The number of amides is 1. The van der Waals surface area contributed by atoms with Crippen LogP contribution in [0.3, 0.4) is 0 Å². The molecule has 0 aliphatic rings. The lowest BCUT2D eigenvalue weighted by molar-refractivity contribution is -0.123. The highest BCUT2D eigenvalue weighted by molar-refractivity contribution is 7.89. The molecule has 0 saturated carbocycles. The molecule has 0 radical (unpaired) electrons. The number of hydrogen-bond acceptors (Lipinski definition) is 5. The summed E-state index contributed by atoms with van der Waals surface area (Å²) in [6.07, 6.45) is -0.222. The van der Waals surface area contributed by atoms with E-state index in [1.54, 1.807) is 0 Å². The van der Waals surface area contributed by atoms with Gasteiger partial charge in [0, 0.05) is 6.26 Å². The van der Waals surface area contributed by atoms with E-state index in [0.29, 0.717) is 5.56 Å². The van der Waals surface area contributed by atoms with Crippen LogP contribution in [-0.4, -0.2) is 32.7 Å². The first-order valence-corrected chi connectivity index (χ1v) is 9.85. The minimum absolute atomic E-state index is 0.101. The summed E-state index contributed by atoms with van der Waals surface area (Å²) in [7, 11) is -3.21. The van der Waals surface area contributed by atoms with Crippen molar-refractivity contribution >= 4 is 27.4 Å². The van der Waals surface area contributed by atoms with Crippen molar-refractivity contribution in [3.63, 3.8) is 0 Å². The van der Waals surface area contributed by atoms with Crippen LogP contribution in [0.5, 0.6) is 0 Å². The summed E-state index contributed by atoms with van der Waals surface area (Å²) in [5.74, 6) is -3.82. The molecule has 0 unspecified atom stereocenters. The van der Waals surface area contributed by atoms with Crippen molar-refractivity contribution in [2.75, 3.05) is 11.6 Å². The van der Waals surface area contributed by atoms with Crippen molar-refractivity contribution in [3.8, 4) is 0 Å². The van der Waals surface area contributed by atoms with Gasteiger partial charge in [0.25, 0.3) is 5.91 Å². The number of carbonyl (C=O) groups is 2. The fourth-order valence-corrected chi connectivity index (χ4v) is 2.96. The van der Waals surface area contributed by atoms with Crippen molar-refractivity contribution < 1.29 is 31.5 Å². The van der Waals surface area contributed by atoms with Crippen molar-refractivity contribution in [1.29, 1.82) is 0 Å². The maximum Gasteiger partial charge on any atom is 0.338 e. The van der Waals surface area contributed by atoms with Crippen LogP contribution in [0.2, 0.25) is 0 Å².